The molecular weight excluding hydrogens is 277 g/mol. The number of nitrogens with zero attached hydrogens (tertiary/aromatic N) is 1. The van der Waals surface area contributed by atoms with Crippen molar-refractivity contribution in [3.63, 3.8) is 0 Å². The average Bonchev–Trinajstić information content (AvgIpc) is 2.38. The SMILES string of the molecule is C=CCCCN(CC(=C)F)S(=O)(=O)c1ccc(C)cc1. The Labute approximate surface area is 120 Å². The minimum absolute atomic E-state index is 0.169. The molecule has 0 aromatic heterocycles. The van der Waals surface area contributed by atoms with Crippen LogP contribution in [0.4, 0.5) is 4.39 Å². The molecule has 0 bridgehead atoms. The maximum atomic E-state index is 13.1. The van der Waals surface area contributed by atoms with E-state index in [1.54, 1.807) is 18.2 Å². The van der Waals surface area contributed by atoms with Gasteiger partial charge in [0.2, 0.25) is 10.0 Å². The normalized spacial score (nSPS) is 11.6. The smallest absolute Gasteiger partial charge is 0.211 e. The van der Waals surface area contributed by atoms with Gasteiger partial charge in [0.05, 0.1) is 11.4 Å². The number of rotatable bonds is 8. The summed E-state index contributed by atoms with van der Waals surface area (Å²) < 4.78 is 39.1. The monoisotopic (exact) mass is 297 g/mol. The molecule has 0 spiro atoms. The highest BCUT2D eigenvalue weighted by atomic mass is 32.2. The van der Waals surface area contributed by atoms with Crippen LogP contribution in [0.2, 0.25) is 0 Å². The van der Waals surface area contributed by atoms with E-state index in [4.69, 9.17) is 0 Å². The van der Waals surface area contributed by atoms with Crippen molar-refractivity contribution >= 4 is 10.0 Å². The van der Waals surface area contributed by atoms with Crippen LogP contribution in [-0.2, 0) is 10.0 Å². The van der Waals surface area contributed by atoms with E-state index in [0.717, 1.165) is 9.87 Å². The molecule has 0 heterocycles. The van der Waals surface area contributed by atoms with Gasteiger partial charge in [-0.25, -0.2) is 12.8 Å². The van der Waals surface area contributed by atoms with E-state index in [1.807, 2.05) is 6.92 Å². The van der Waals surface area contributed by atoms with Gasteiger partial charge >= 0.3 is 0 Å². The average molecular weight is 297 g/mol. The van der Waals surface area contributed by atoms with E-state index in [9.17, 15) is 12.8 Å². The summed E-state index contributed by atoms with van der Waals surface area (Å²) in [6.07, 6.45) is 2.99. The molecule has 1 aromatic carbocycles. The predicted octanol–water partition coefficient (Wildman–Crippen LogP) is 3.44. The van der Waals surface area contributed by atoms with Crippen LogP contribution in [0.15, 0.2) is 54.2 Å². The zero-order valence-electron chi connectivity index (χ0n) is 11.7. The van der Waals surface area contributed by atoms with Gasteiger partial charge in [0.1, 0.15) is 5.83 Å². The Balaban J connectivity index is 2.99. The van der Waals surface area contributed by atoms with Crippen LogP contribution in [0.3, 0.4) is 0 Å². The Morgan fingerprint density at radius 3 is 2.45 bits per heavy atom. The molecule has 0 N–H and O–H groups in total. The van der Waals surface area contributed by atoms with Crippen LogP contribution in [-0.4, -0.2) is 25.8 Å². The first-order chi connectivity index (χ1) is 9.37. The topological polar surface area (TPSA) is 37.4 Å². The van der Waals surface area contributed by atoms with Gasteiger partial charge in [-0.3, -0.25) is 0 Å². The van der Waals surface area contributed by atoms with Crippen molar-refractivity contribution < 1.29 is 12.8 Å². The summed E-state index contributed by atoms with van der Waals surface area (Å²) in [7, 11) is -3.70. The molecule has 3 nitrogen and oxygen atoms in total. The van der Waals surface area contributed by atoms with E-state index in [1.165, 1.54) is 12.1 Å². The molecule has 5 heteroatoms. The highest BCUT2D eigenvalue weighted by Crippen LogP contribution is 2.18. The van der Waals surface area contributed by atoms with E-state index >= 15 is 0 Å². The van der Waals surface area contributed by atoms with Crippen molar-refractivity contribution in [2.75, 3.05) is 13.1 Å². The molecule has 1 aromatic rings. The third kappa shape index (κ3) is 4.58. The number of sulfonamides is 1. The van der Waals surface area contributed by atoms with Gasteiger partial charge in [-0.05, 0) is 31.9 Å². The number of aryl methyl sites for hydroxylation is 1. The summed E-state index contributed by atoms with van der Waals surface area (Å²) in [4.78, 5) is 0.169. The summed E-state index contributed by atoms with van der Waals surface area (Å²) in [6, 6.07) is 6.51. The first-order valence-electron chi connectivity index (χ1n) is 6.39. The van der Waals surface area contributed by atoms with E-state index in [2.05, 4.69) is 13.2 Å². The quantitative estimate of drug-likeness (QED) is 0.544. The van der Waals surface area contributed by atoms with Gasteiger partial charge in [0, 0.05) is 6.54 Å². The molecule has 0 aliphatic heterocycles. The van der Waals surface area contributed by atoms with Crippen LogP contribution in [0, 0.1) is 6.92 Å². The fraction of sp³-hybridized carbons (Fsp3) is 0.333. The minimum atomic E-state index is -3.70. The zero-order valence-corrected chi connectivity index (χ0v) is 12.5. The molecule has 110 valence electrons. The highest BCUT2D eigenvalue weighted by Gasteiger charge is 2.24. The van der Waals surface area contributed by atoms with Crippen LogP contribution in [0.1, 0.15) is 18.4 Å². The fourth-order valence-corrected chi connectivity index (χ4v) is 3.20. The van der Waals surface area contributed by atoms with Gasteiger partial charge in [-0.2, -0.15) is 4.31 Å². The fourth-order valence-electron chi connectivity index (χ4n) is 1.75. The van der Waals surface area contributed by atoms with Gasteiger partial charge in [0.25, 0.3) is 0 Å². The Bertz CT molecular complexity index is 564. The Morgan fingerprint density at radius 2 is 1.95 bits per heavy atom. The number of benzene rings is 1. The molecule has 0 aliphatic rings. The largest absolute Gasteiger partial charge is 0.243 e. The van der Waals surface area contributed by atoms with E-state index in [-0.39, 0.29) is 18.0 Å². The summed E-state index contributed by atoms with van der Waals surface area (Å²) in [5.74, 6) is -0.667. The maximum absolute atomic E-state index is 13.1. The summed E-state index contributed by atoms with van der Waals surface area (Å²) in [5.41, 5.74) is 0.969. The Hall–Kier alpha value is -1.46. The number of hydrogen-bond donors (Lipinski definition) is 0. The number of allylic oxidation sites excluding steroid dienone is 1. The molecular formula is C15H20FNO2S. The lowest BCUT2D eigenvalue weighted by molar-refractivity contribution is 0.400. The standard InChI is InChI=1S/C15H20FNO2S/c1-4-5-6-11-17(12-14(3)16)20(18,19)15-9-7-13(2)8-10-15/h4,7-10H,1,3,5-6,11-12H2,2H3. The second-order valence-corrected chi connectivity index (χ2v) is 6.54. The molecule has 0 radical (unpaired) electrons. The van der Waals surface area contributed by atoms with Crippen LogP contribution in [0.5, 0.6) is 0 Å². The van der Waals surface area contributed by atoms with E-state index < -0.39 is 15.9 Å². The molecule has 0 saturated carbocycles. The lowest BCUT2D eigenvalue weighted by Gasteiger charge is -2.21. The molecule has 20 heavy (non-hydrogen) atoms. The van der Waals surface area contributed by atoms with Crippen molar-refractivity contribution in [2.24, 2.45) is 0 Å². The van der Waals surface area contributed by atoms with Crippen molar-refractivity contribution in [1.82, 2.24) is 4.31 Å². The second kappa shape index (κ2) is 7.36. The predicted molar refractivity (Wildman–Crippen MR) is 79.6 cm³/mol. The van der Waals surface area contributed by atoms with Gasteiger partial charge in [0.15, 0.2) is 0 Å². The van der Waals surface area contributed by atoms with Crippen molar-refractivity contribution in [2.45, 2.75) is 24.7 Å². The Morgan fingerprint density at radius 1 is 1.35 bits per heavy atom. The van der Waals surface area contributed by atoms with Crippen molar-refractivity contribution in [3.05, 3.63) is 54.9 Å². The summed E-state index contributed by atoms with van der Waals surface area (Å²) in [5, 5.41) is 0. The lowest BCUT2D eigenvalue weighted by atomic mass is 10.2. The van der Waals surface area contributed by atoms with Gasteiger partial charge in [-0.1, -0.05) is 30.4 Å². The van der Waals surface area contributed by atoms with Gasteiger partial charge < -0.3 is 0 Å². The first kappa shape index (κ1) is 16.6. The van der Waals surface area contributed by atoms with Crippen molar-refractivity contribution in [3.8, 4) is 0 Å². The third-order valence-corrected chi connectivity index (χ3v) is 4.68. The van der Waals surface area contributed by atoms with Gasteiger partial charge in [-0.15, -0.1) is 6.58 Å². The summed E-state index contributed by atoms with van der Waals surface area (Å²) in [6.45, 7) is 8.55. The summed E-state index contributed by atoms with van der Waals surface area (Å²) >= 11 is 0. The first-order valence-corrected chi connectivity index (χ1v) is 7.83. The molecule has 1 rings (SSSR count). The minimum Gasteiger partial charge on any atom is -0.211 e. The Kier molecular flexibility index (Phi) is 6.10. The molecule has 0 aliphatic carbocycles. The highest BCUT2D eigenvalue weighted by molar-refractivity contribution is 7.89. The lowest BCUT2D eigenvalue weighted by Crippen LogP contribution is -2.33. The molecule has 0 fully saturated rings. The molecule has 0 atom stereocenters. The third-order valence-electron chi connectivity index (χ3n) is 2.82. The zero-order chi connectivity index (χ0) is 15.2. The molecule has 0 saturated heterocycles. The number of hydrogen-bond acceptors (Lipinski definition) is 2. The van der Waals surface area contributed by atoms with Crippen LogP contribution in [0.25, 0.3) is 0 Å². The van der Waals surface area contributed by atoms with E-state index in [0.29, 0.717) is 12.8 Å². The molecule has 0 unspecified atom stereocenters. The maximum Gasteiger partial charge on any atom is 0.243 e. The van der Waals surface area contributed by atoms with Crippen LogP contribution < -0.4 is 0 Å². The number of unbranched alkanes of at least 4 members (excludes halogenated alkanes) is 1. The second-order valence-electron chi connectivity index (χ2n) is 4.60. The molecule has 0 amide bonds. The number of halogens is 1. The van der Waals surface area contributed by atoms with Crippen molar-refractivity contribution in [1.29, 1.82) is 0 Å². The van der Waals surface area contributed by atoms with Crippen LogP contribution >= 0.6 is 0 Å².